The van der Waals surface area contributed by atoms with E-state index in [1.807, 2.05) is 26.1 Å². The fourth-order valence-electron chi connectivity index (χ4n) is 2.79. The fraction of sp³-hybridized carbons (Fsp3) is 0.467. The molecule has 3 heterocycles. The van der Waals surface area contributed by atoms with Gasteiger partial charge in [0.2, 0.25) is 0 Å². The summed E-state index contributed by atoms with van der Waals surface area (Å²) in [6.45, 7) is 6.24. The van der Waals surface area contributed by atoms with Crippen molar-refractivity contribution >= 4 is 0 Å². The summed E-state index contributed by atoms with van der Waals surface area (Å²) in [6, 6.07) is 4.25. The van der Waals surface area contributed by atoms with Crippen LogP contribution in [0, 0.1) is 13.8 Å². The van der Waals surface area contributed by atoms with Gasteiger partial charge in [0, 0.05) is 30.6 Å². The molecular formula is C15H20N4. The van der Waals surface area contributed by atoms with Crippen LogP contribution in [0.25, 0.3) is 5.69 Å². The summed E-state index contributed by atoms with van der Waals surface area (Å²) in [5.74, 6) is 1.56. The second-order valence-electron chi connectivity index (χ2n) is 5.28. The SMILES string of the molecule is Cc1cn(-c2ccnc([C@H]3CCCNC3)c2)c(C)n1. The van der Waals surface area contributed by atoms with Gasteiger partial charge in [0.25, 0.3) is 0 Å². The summed E-state index contributed by atoms with van der Waals surface area (Å²) >= 11 is 0. The molecule has 4 nitrogen and oxygen atoms in total. The number of hydrogen-bond acceptors (Lipinski definition) is 3. The van der Waals surface area contributed by atoms with Gasteiger partial charge in [-0.25, -0.2) is 4.98 Å². The Kier molecular flexibility index (Phi) is 3.34. The predicted octanol–water partition coefficient (Wildman–Crippen LogP) is 2.35. The third-order valence-electron chi connectivity index (χ3n) is 3.76. The summed E-state index contributed by atoms with van der Waals surface area (Å²) in [6.07, 6.45) is 6.45. The highest BCUT2D eigenvalue weighted by Crippen LogP contribution is 2.23. The molecule has 1 saturated heterocycles. The van der Waals surface area contributed by atoms with Crippen molar-refractivity contribution in [3.63, 3.8) is 0 Å². The first kappa shape index (κ1) is 12.4. The minimum absolute atomic E-state index is 0.540. The second kappa shape index (κ2) is 5.13. The average molecular weight is 256 g/mol. The van der Waals surface area contributed by atoms with Crippen LogP contribution in [0.1, 0.15) is 36.0 Å². The van der Waals surface area contributed by atoms with Crippen LogP contribution in [0.4, 0.5) is 0 Å². The van der Waals surface area contributed by atoms with Gasteiger partial charge < -0.3 is 9.88 Å². The minimum Gasteiger partial charge on any atom is -0.316 e. The van der Waals surface area contributed by atoms with Crippen molar-refractivity contribution in [3.05, 3.63) is 41.7 Å². The zero-order valence-corrected chi connectivity index (χ0v) is 11.6. The summed E-state index contributed by atoms with van der Waals surface area (Å²) in [5.41, 5.74) is 3.40. The first-order chi connectivity index (χ1) is 9.24. The molecule has 3 rings (SSSR count). The molecule has 1 aliphatic rings. The lowest BCUT2D eigenvalue weighted by Gasteiger charge is -2.22. The molecule has 19 heavy (non-hydrogen) atoms. The molecule has 0 unspecified atom stereocenters. The van der Waals surface area contributed by atoms with Crippen LogP contribution in [0.3, 0.4) is 0 Å². The van der Waals surface area contributed by atoms with Crippen LogP contribution < -0.4 is 5.32 Å². The summed E-state index contributed by atoms with van der Waals surface area (Å²) in [4.78, 5) is 9.01. The zero-order valence-electron chi connectivity index (χ0n) is 11.6. The Morgan fingerprint density at radius 1 is 1.37 bits per heavy atom. The van der Waals surface area contributed by atoms with E-state index in [4.69, 9.17) is 0 Å². The van der Waals surface area contributed by atoms with E-state index in [2.05, 4.69) is 32.1 Å². The molecule has 0 aromatic carbocycles. The smallest absolute Gasteiger partial charge is 0.110 e. The molecule has 0 spiro atoms. The fourth-order valence-corrected chi connectivity index (χ4v) is 2.79. The molecular weight excluding hydrogens is 236 g/mol. The van der Waals surface area contributed by atoms with Crippen LogP contribution in [0.2, 0.25) is 0 Å². The van der Waals surface area contributed by atoms with Crippen molar-refractivity contribution in [1.82, 2.24) is 19.9 Å². The summed E-state index contributed by atoms with van der Waals surface area (Å²) in [7, 11) is 0. The van der Waals surface area contributed by atoms with E-state index in [1.165, 1.54) is 18.5 Å². The van der Waals surface area contributed by atoms with Crippen LogP contribution in [0.5, 0.6) is 0 Å². The number of pyridine rings is 1. The van der Waals surface area contributed by atoms with Gasteiger partial charge in [-0.1, -0.05) is 0 Å². The number of imidazole rings is 1. The molecule has 2 aromatic heterocycles. The van der Waals surface area contributed by atoms with Gasteiger partial charge in [0.1, 0.15) is 5.82 Å². The zero-order chi connectivity index (χ0) is 13.2. The van der Waals surface area contributed by atoms with Crippen molar-refractivity contribution in [3.8, 4) is 5.69 Å². The number of hydrogen-bond donors (Lipinski definition) is 1. The minimum atomic E-state index is 0.540. The van der Waals surface area contributed by atoms with Crippen molar-refractivity contribution in [2.75, 3.05) is 13.1 Å². The average Bonchev–Trinajstić information content (AvgIpc) is 2.79. The third kappa shape index (κ3) is 2.54. The van der Waals surface area contributed by atoms with E-state index >= 15 is 0 Å². The molecule has 1 aliphatic heterocycles. The maximum absolute atomic E-state index is 4.55. The standard InChI is InChI=1S/C15H20N4/c1-11-10-19(12(2)18-11)14-5-7-17-15(8-14)13-4-3-6-16-9-13/h5,7-8,10,13,16H,3-4,6,9H2,1-2H3/t13-/m0/s1. The second-order valence-corrected chi connectivity index (χ2v) is 5.28. The van der Waals surface area contributed by atoms with E-state index in [-0.39, 0.29) is 0 Å². The first-order valence-electron chi connectivity index (χ1n) is 6.93. The number of aromatic nitrogens is 3. The summed E-state index contributed by atoms with van der Waals surface area (Å²) < 4.78 is 2.14. The Morgan fingerprint density at radius 3 is 2.95 bits per heavy atom. The Hall–Kier alpha value is -1.68. The van der Waals surface area contributed by atoms with E-state index in [9.17, 15) is 0 Å². The molecule has 4 heteroatoms. The Morgan fingerprint density at radius 2 is 2.26 bits per heavy atom. The number of aryl methyl sites for hydroxylation is 2. The molecule has 0 radical (unpaired) electrons. The quantitative estimate of drug-likeness (QED) is 0.897. The van der Waals surface area contributed by atoms with Gasteiger partial charge in [-0.2, -0.15) is 0 Å². The predicted molar refractivity (Wildman–Crippen MR) is 75.7 cm³/mol. The lowest BCUT2D eigenvalue weighted by molar-refractivity contribution is 0.454. The van der Waals surface area contributed by atoms with E-state index in [0.29, 0.717) is 5.92 Å². The summed E-state index contributed by atoms with van der Waals surface area (Å²) in [5, 5.41) is 3.45. The Labute approximate surface area is 113 Å². The maximum Gasteiger partial charge on any atom is 0.110 e. The first-order valence-corrected chi connectivity index (χ1v) is 6.93. The lowest BCUT2D eigenvalue weighted by atomic mass is 9.95. The molecule has 0 bridgehead atoms. The van der Waals surface area contributed by atoms with Gasteiger partial charge in [-0.05, 0) is 45.4 Å². The molecule has 1 N–H and O–H groups in total. The highest BCUT2D eigenvalue weighted by atomic mass is 15.1. The highest BCUT2D eigenvalue weighted by molar-refractivity contribution is 5.35. The van der Waals surface area contributed by atoms with Gasteiger partial charge in [-0.3, -0.25) is 4.98 Å². The van der Waals surface area contributed by atoms with Gasteiger partial charge in [-0.15, -0.1) is 0 Å². The molecule has 100 valence electrons. The molecule has 0 amide bonds. The molecule has 0 aliphatic carbocycles. The monoisotopic (exact) mass is 256 g/mol. The van der Waals surface area contributed by atoms with Crippen LogP contribution in [-0.4, -0.2) is 27.6 Å². The van der Waals surface area contributed by atoms with Gasteiger partial charge >= 0.3 is 0 Å². The van der Waals surface area contributed by atoms with Crippen molar-refractivity contribution in [1.29, 1.82) is 0 Å². The maximum atomic E-state index is 4.55. The number of rotatable bonds is 2. The molecule has 1 fully saturated rings. The van der Waals surface area contributed by atoms with E-state index < -0.39 is 0 Å². The molecule has 0 saturated carbocycles. The van der Waals surface area contributed by atoms with Gasteiger partial charge in [0.15, 0.2) is 0 Å². The van der Waals surface area contributed by atoms with Crippen LogP contribution >= 0.6 is 0 Å². The Bertz CT molecular complexity index is 567. The van der Waals surface area contributed by atoms with Gasteiger partial charge in [0.05, 0.1) is 11.4 Å². The van der Waals surface area contributed by atoms with E-state index in [0.717, 1.165) is 30.3 Å². The van der Waals surface area contributed by atoms with Crippen LogP contribution in [-0.2, 0) is 0 Å². The molecule has 2 aromatic rings. The Balaban J connectivity index is 1.93. The topological polar surface area (TPSA) is 42.7 Å². The number of nitrogens with one attached hydrogen (secondary N) is 1. The van der Waals surface area contributed by atoms with E-state index in [1.54, 1.807) is 0 Å². The third-order valence-corrected chi connectivity index (χ3v) is 3.76. The molecule has 1 atom stereocenters. The normalized spacial score (nSPS) is 19.6. The largest absolute Gasteiger partial charge is 0.316 e. The van der Waals surface area contributed by atoms with Crippen LogP contribution in [0.15, 0.2) is 24.5 Å². The van der Waals surface area contributed by atoms with Crippen molar-refractivity contribution in [2.45, 2.75) is 32.6 Å². The number of nitrogens with zero attached hydrogens (tertiary/aromatic N) is 3. The lowest BCUT2D eigenvalue weighted by Crippen LogP contribution is -2.28. The highest BCUT2D eigenvalue weighted by Gasteiger charge is 2.17. The van der Waals surface area contributed by atoms with Crippen molar-refractivity contribution in [2.24, 2.45) is 0 Å². The number of piperidine rings is 1. The van der Waals surface area contributed by atoms with Crippen molar-refractivity contribution < 1.29 is 0 Å².